The molecule has 1 saturated heterocycles. The molecule has 1 fully saturated rings. The van der Waals surface area contributed by atoms with Gasteiger partial charge in [-0.2, -0.15) is 0 Å². The Hall–Kier alpha value is -4.19. The maximum atomic E-state index is 14.9. The summed E-state index contributed by atoms with van der Waals surface area (Å²) in [6, 6.07) is -3.23. The van der Waals surface area contributed by atoms with Crippen molar-refractivity contribution in [3.05, 3.63) is 33.4 Å². The lowest BCUT2D eigenvalue weighted by molar-refractivity contribution is -0.159. The average Bonchev–Trinajstić information content (AvgIpc) is 2.98. The number of piperazine rings is 1. The van der Waals surface area contributed by atoms with Crippen molar-refractivity contribution < 1.29 is 47.5 Å². The topological polar surface area (TPSA) is 122 Å². The van der Waals surface area contributed by atoms with Gasteiger partial charge < -0.3 is 38.1 Å². The number of likely N-dealkylation sites (N-methyl/N-ethyl adjacent to an activating group) is 1. The number of hydrogen-bond acceptors (Lipinski definition) is 11. The summed E-state index contributed by atoms with van der Waals surface area (Å²) in [5, 5.41) is 0. The summed E-state index contributed by atoms with van der Waals surface area (Å²) in [6.07, 6.45) is 0.299. The maximum absolute atomic E-state index is 14.9. The van der Waals surface area contributed by atoms with Gasteiger partial charge in [-0.3, -0.25) is 19.3 Å². The van der Waals surface area contributed by atoms with E-state index in [9.17, 15) is 14.4 Å². The Morgan fingerprint density at radius 3 is 1.77 bits per heavy atom. The molecule has 3 aliphatic heterocycles. The molecule has 2 aromatic carbocycles. The molecule has 5 rings (SSSR count). The molecule has 0 unspecified atom stereocenters. The zero-order valence-electron chi connectivity index (χ0n) is 26.2. The lowest BCUT2D eigenvalue weighted by atomic mass is 9.72. The molecule has 43 heavy (non-hydrogen) atoms. The van der Waals surface area contributed by atoms with Gasteiger partial charge in [-0.1, -0.05) is 0 Å². The smallest absolute Gasteiger partial charge is 0.302 e. The molecule has 12 heteroatoms. The molecule has 0 N–H and O–H groups in total. The summed E-state index contributed by atoms with van der Waals surface area (Å²) in [5.74, 6) is 1.27. The first-order chi connectivity index (χ1) is 20.5. The van der Waals surface area contributed by atoms with Crippen molar-refractivity contribution in [2.75, 3.05) is 56.3 Å². The molecule has 0 saturated carbocycles. The Morgan fingerprint density at radius 2 is 1.26 bits per heavy atom. The van der Waals surface area contributed by atoms with Gasteiger partial charge in [0, 0.05) is 41.2 Å². The number of rotatable bonds is 8. The van der Waals surface area contributed by atoms with Crippen LogP contribution in [0.3, 0.4) is 0 Å². The third-order valence-electron chi connectivity index (χ3n) is 8.97. The molecule has 3 aliphatic rings. The van der Waals surface area contributed by atoms with E-state index in [0.717, 1.165) is 11.1 Å². The zero-order valence-corrected chi connectivity index (χ0v) is 26.2. The van der Waals surface area contributed by atoms with Crippen molar-refractivity contribution in [3.8, 4) is 34.5 Å². The summed E-state index contributed by atoms with van der Waals surface area (Å²) < 4.78 is 40.5. The second-order valence-electron chi connectivity index (χ2n) is 10.8. The fraction of sp³-hybridized carbons (Fsp3) is 0.516. The number of ether oxygens (including phenoxy) is 7. The third-order valence-corrected chi connectivity index (χ3v) is 8.97. The number of esters is 1. The molecule has 232 valence electrons. The van der Waals surface area contributed by atoms with Gasteiger partial charge in [-0.25, -0.2) is 0 Å². The number of hydrogen-bond donors (Lipinski definition) is 0. The van der Waals surface area contributed by atoms with Gasteiger partial charge in [0.05, 0.1) is 66.3 Å². The number of benzene rings is 2. The van der Waals surface area contributed by atoms with Crippen molar-refractivity contribution in [2.45, 2.75) is 51.4 Å². The fourth-order valence-corrected chi connectivity index (χ4v) is 7.31. The highest BCUT2D eigenvalue weighted by Crippen LogP contribution is 2.58. The summed E-state index contributed by atoms with van der Waals surface area (Å²) in [4.78, 5) is 45.0. The van der Waals surface area contributed by atoms with Crippen LogP contribution >= 0.6 is 0 Å². The van der Waals surface area contributed by atoms with Gasteiger partial charge in [-0.15, -0.1) is 0 Å². The number of ketones is 1. The maximum Gasteiger partial charge on any atom is 0.302 e. The highest BCUT2D eigenvalue weighted by atomic mass is 16.5. The predicted octanol–water partition coefficient (Wildman–Crippen LogP) is 2.96. The Balaban J connectivity index is 1.89. The predicted molar refractivity (Wildman–Crippen MR) is 154 cm³/mol. The second-order valence-corrected chi connectivity index (χ2v) is 10.8. The van der Waals surface area contributed by atoms with Crippen molar-refractivity contribution >= 4 is 17.7 Å². The van der Waals surface area contributed by atoms with E-state index in [4.69, 9.17) is 33.2 Å². The standard InChI is InChI=1S/C31H38N2O10/c1-13-25(37-5)16-11-17-31(36)33-18(12-43-15(3)34)20-21(26(38-6)14(2)28(40-8)30(20)42-10)24(35)23(33)22(32(17)4)19(16)29(41-9)27(13)39-7/h17-18,22-23H,11-12H2,1-10H3/t17-,18-,22+,23+/m0/s1. The first kappa shape index (κ1) is 30.3. The molecule has 1 amide bonds. The van der Waals surface area contributed by atoms with Gasteiger partial charge in [0.1, 0.15) is 24.1 Å². The van der Waals surface area contributed by atoms with Crippen molar-refractivity contribution in [2.24, 2.45) is 0 Å². The Bertz CT molecular complexity index is 1520. The number of methoxy groups -OCH3 is 6. The Kier molecular flexibility index (Phi) is 7.84. The van der Waals surface area contributed by atoms with Gasteiger partial charge in [0.2, 0.25) is 5.91 Å². The van der Waals surface area contributed by atoms with E-state index in [1.807, 2.05) is 18.9 Å². The van der Waals surface area contributed by atoms with Crippen molar-refractivity contribution in [1.29, 1.82) is 0 Å². The summed E-state index contributed by atoms with van der Waals surface area (Å²) in [6.45, 7) is 4.72. The number of fused-ring (bicyclic) bond motifs is 7. The molecule has 2 bridgehead atoms. The number of carbonyl (C=O) groups excluding carboxylic acids is 3. The minimum absolute atomic E-state index is 0.211. The lowest BCUT2D eigenvalue weighted by Crippen LogP contribution is -2.68. The molecule has 2 aromatic rings. The minimum Gasteiger partial charge on any atom is -0.496 e. The molecule has 0 spiro atoms. The molecular formula is C31H38N2O10. The van der Waals surface area contributed by atoms with Crippen LogP contribution in [-0.2, 0) is 20.7 Å². The van der Waals surface area contributed by atoms with Gasteiger partial charge in [-0.05, 0) is 20.9 Å². The summed E-state index contributed by atoms with van der Waals surface area (Å²) in [5.41, 5.74) is 3.38. The molecule has 0 radical (unpaired) electrons. The van der Waals surface area contributed by atoms with E-state index < -0.39 is 30.1 Å². The normalized spacial score (nSPS) is 22.2. The monoisotopic (exact) mass is 598 g/mol. The number of amides is 1. The summed E-state index contributed by atoms with van der Waals surface area (Å²) in [7, 11) is 10.9. The third kappa shape index (κ3) is 4.10. The number of Topliss-reactive ketones (excluding diaryl/α,β-unsaturated/α-hetero) is 1. The van der Waals surface area contributed by atoms with Crippen LogP contribution in [0.2, 0.25) is 0 Å². The van der Waals surface area contributed by atoms with E-state index in [2.05, 4.69) is 0 Å². The molecule has 0 aromatic heterocycles. The largest absolute Gasteiger partial charge is 0.496 e. The highest BCUT2D eigenvalue weighted by Gasteiger charge is 2.60. The van der Waals surface area contributed by atoms with E-state index in [0.29, 0.717) is 51.9 Å². The van der Waals surface area contributed by atoms with E-state index in [1.54, 1.807) is 33.2 Å². The van der Waals surface area contributed by atoms with Crippen LogP contribution in [-0.4, -0.2) is 95.9 Å². The first-order valence-electron chi connectivity index (χ1n) is 13.9. The van der Waals surface area contributed by atoms with Crippen LogP contribution in [0, 0.1) is 13.8 Å². The second kappa shape index (κ2) is 11.1. The average molecular weight is 599 g/mol. The molecule has 4 atom stereocenters. The molecule has 12 nitrogen and oxygen atoms in total. The molecular weight excluding hydrogens is 560 g/mol. The van der Waals surface area contributed by atoms with Crippen LogP contribution in [0.5, 0.6) is 34.5 Å². The minimum atomic E-state index is -1.04. The molecule has 3 heterocycles. The molecule has 0 aliphatic carbocycles. The van der Waals surface area contributed by atoms with Crippen LogP contribution in [0.1, 0.15) is 57.2 Å². The zero-order chi connectivity index (χ0) is 31.5. The van der Waals surface area contributed by atoms with Crippen molar-refractivity contribution in [3.63, 3.8) is 0 Å². The SMILES string of the molecule is COc1c(C)c(OC)c(OC)c2c1C[C@H]1C(=O)N3[C@@H](COC(C)=O)c4c(OC)c(OC)c(C)c(OC)c4C(=O)[C@H]3[C@@H]2N1C. The van der Waals surface area contributed by atoms with Crippen LogP contribution in [0.15, 0.2) is 0 Å². The van der Waals surface area contributed by atoms with E-state index >= 15 is 0 Å². The summed E-state index contributed by atoms with van der Waals surface area (Å²) >= 11 is 0. The highest BCUT2D eigenvalue weighted by molar-refractivity contribution is 6.10. The van der Waals surface area contributed by atoms with Gasteiger partial charge in [0.25, 0.3) is 0 Å². The van der Waals surface area contributed by atoms with Crippen molar-refractivity contribution in [1.82, 2.24) is 9.80 Å². The van der Waals surface area contributed by atoms with Crippen LogP contribution < -0.4 is 28.4 Å². The number of carbonyl (C=O) groups is 3. The van der Waals surface area contributed by atoms with E-state index in [1.165, 1.54) is 28.3 Å². The Morgan fingerprint density at radius 1 is 0.744 bits per heavy atom. The van der Waals surface area contributed by atoms with Crippen LogP contribution in [0.25, 0.3) is 0 Å². The lowest BCUT2D eigenvalue weighted by Gasteiger charge is -2.56. The van der Waals surface area contributed by atoms with Gasteiger partial charge in [0.15, 0.2) is 28.8 Å². The quantitative estimate of drug-likeness (QED) is 0.417. The van der Waals surface area contributed by atoms with Crippen LogP contribution in [0.4, 0.5) is 0 Å². The first-order valence-corrected chi connectivity index (χ1v) is 13.9. The number of nitrogens with zero attached hydrogens (tertiary/aromatic N) is 2. The van der Waals surface area contributed by atoms with Gasteiger partial charge >= 0.3 is 5.97 Å². The fourth-order valence-electron chi connectivity index (χ4n) is 7.31. The Labute approximate surface area is 250 Å². The van der Waals surface area contributed by atoms with E-state index in [-0.39, 0.29) is 29.6 Å².